The summed E-state index contributed by atoms with van der Waals surface area (Å²) in [7, 11) is 0. The second-order valence-electron chi connectivity index (χ2n) is 5.27. The quantitative estimate of drug-likeness (QED) is 0.549. The third kappa shape index (κ3) is 3.65. The first-order valence-electron chi connectivity index (χ1n) is 7.72. The van der Waals surface area contributed by atoms with Gasteiger partial charge in [0.2, 0.25) is 5.76 Å². The second-order valence-corrected chi connectivity index (χ2v) is 6.13. The largest absolute Gasteiger partial charge is 0.471 e. The van der Waals surface area contributed by atoms with Gasteiger partial charge in [-0.25, -0.2) is 4.98 Å². The van der Waals surface area contributed by atoms with Gasteiger partial charge in [-0.3, -0.25) is 10.1 Å². The van der Waals surface area contributed by atoms with E-state index in [1.54, 1.807) is 23.8 Å². The zero-order valence-corrected chi connectivity index (χ0v) is 14.2. The van der Waals surface area contributed by atoms with Crippen LogP contribution in [0.3, 0.4) is 0 Å². The van der Waals surface area contributed by atoms with Crippen molar-refractivity contribution in [3.8, 4) is 17.3 Å². The molecule has 4 rings (SSSR count). The molecule has 0 aliphatic rings. The number of carbonyl (C=O) groups is 1. The smallest absolute Gasteiger partial charge is 0.296 e. The molecule has 3 heterocycles. The van der Waals surface area contributed by atoms with E-state index in [2.05, 4.69) is 15.5 Å². The predicted octanol–water partition coefficient (Wildman–Crippen LogP) is 4.22. The molecule has 0 saturated carbocycles. The van der Waals surface area contributed by atoms with Crippen LogP contribution >= 0.6 is 11.3 Å². The summed E-state index contributed by atoms with van der Waals surface area (Å²) in [4.78, 5) is 16.5. The van der Waals surface area contributed by atoms with Crippen molar-refractivity contribution in [3.05, 3.63) is 71.5 Å². The minimum atomic E-state index is -0.451. The lowest BCUT2D eigenvalue weighted by Crippen LogP contribution is -2.10. The number of nitrogens with zero attached hydrogens (tertiary/aromatic N) is 2. The number of ether oxygens (including phenoxy) is 1. The maximum Gasteiger partial charge on any atom is 0.296 e. The van der Waals surface area contributed by atoms with Gasteiger partial charge in [-0.1, -0.05) is 30.3 Å². The summed E-state index contributed by atoms with van der Waals surface area (Å²) in [5, 5.41) is 8.64. The Kier molecular flexibility index (Phi) is 4.48. The van der Waals surface area contributed by atoms with Crippen molar-refractivity contribution in [2.24, 2.45) is 0 Å². The van der Waals surface area contributed by atoms with E-state index in [9.17, 15) is 4.79 Å². The highest BCUT2D eigenvalue weighted by Crippen LogP contribution is 2.25. The number of aromatic nitrogens is 2. The third-order valence-electron chi connectivity index (χ3n) is 3.44. The van der Waals surface area contributed by atoms with Crippen molar-refractivity contribution in [1.29, 1.82) is 0 Å². The Morgan fingerprint density at radius 1 is 1.19 bits per heavy atom. The Labute approximate surface area is 152 Å². The summed E-state index contributed by atoms with van der Waals surface area (Å²) in [6.45, 7) is 0.341. The lowest BCUT2D eigenvalue weighted by molar-refractivity contribution is 0.0987. The molecule has 8 heteroatoms. The molecule has 26 heavy (non-hydrogen) atoms. The molecule has 0 bridgehead atoms. The molecule has 0 fully saturated rings. The summed E-state index contributed by atoms with van der Waals surface area (Å²) < 4.78 is 15.8. The van der Waals surface area contributed by atoms with E-state index in [1.807, 2.05) is 30.3 Å². The fraction of sp³-hybridized carbons (Fsp3) is 0.0556. The van der Waals surface area contributed by atoms with Crippen LogP contribution in [0.5, 0.6) is 5.88 Å². The van der Waals surface area contributed by atoms with Gasteiger partial charge >= 0.3 is 0 Å². The molecule has 1 N–H and O–H groups in total. The highest BCUT2D eigenvalue weighted by molar-refractivity contribution is 7.14. The molecule has 0 saturated heterocycles. The first kappa shape index (κ1) is 16.1. The van der Waals surface area contributed by atoms with Crippen molar-refractivity contribution in [2.75, 3.05) is 5.32 Å². The number of thiazole rings is 1. The number of anilines is 1. The van der Waals surface area contributed by atoms with Crippen LogP contribution in [-0.2, 0) is 6.61 Å². The number of benzene rings is 1. The van der Waals surface area contributed by atoms with Gasteiger partial charge in [0, 0.05) is 5.38 Å². The maximum absolute atomic E-state index is 12.2. The van der Waals surface area contributed by atoms with Crippen LogP contribution in [0, 0.1) is 0 Å². The van der Waals surface area contributed by atoms with Gasteiger partial charge in [-0.2, -0.15) is 0 Å². The minimum absolute atomic E-state index is 0.0443. The highest BCUT2D eigenvalue weighted by Gasteiger charge is 2.16. The SMILES string of the molecule is O=C(Nc1nc(-c2ccco2)cs1)c1cc(OCc2ccccc2)no1. The van der Waals surface area contributed by atoms with E-state index in [-0.39, 0.29) is 11.6 Å². The van der Waals surface area contributed by atoms with Gasteiger partial charge in [0.15, 0.2) is 10.9 Å². The van der Waals surface area contributed by atoms with E-state index in [0.29, 0.717) is 23.2 Å². The van der Waals surface area contributed by atoms with Gasteiger partial charge in [0.05, 0.1) is 12.3 Å². The fourth-order valence-electron chi connectivity index (χ4n) is 2.19. The number of furan rings is 1. The van der Waals surface area contributed by atoms with Gasteiger partial charge in [0.25, 0.3) is 11.8 Å². The molecule has 1 aromatic carbocycles. The van der Waals surface area contributed by atoms with Gasteiger partial charge in [0.1, 0.15) is 12.3 Å². The first-order chi connectivity index (χ1) is 12.8. The fourth-order valence-corrected chi connectivity index (χ4v) is 2.89. The normalized spacial score (nSPS) is 10.6. The van der Waals surface area contributed by atoms with Gasteiger partial charge in [-0.15, -0.1) is 11.3 Å². The summed E-state index contributed by atoms with van der Waals surface area (Å²) >= 11 is 1.29. The number of hydrogen-bond acceptors (Lipinski definition) is 7. The highest BCUT2D eigenvalue weighted by atomic mass is 32.1. The number of amides is 1. The lowest BCUT2D eigenvalue weighted by Gasteiger charge is -2.00. The Morgan fingerprint density at radius 3 is 2.88 bits per heavy atom. The van der Waals surface area contributed by atoms with Crippen LogP contribution in [0.2, 0.25) is 0 Å². The van der Waals surface area contributed by atoms with Crippen LogP contribution < -0.4 is 10.1 Å². The molecule has 3 aromatic heterocycles. The molecule has 0 aliphatic carbocycles. The average molecular weight is 367 g/mol. The standard InChI is InChI=1S/C18H13N3O4S/c22-17(20-18-19-13(11-26-18)14-7-4-8-23-14)15-9-16(21-25-15)24-10-12-5-2-1-3-6-12/h1-9,11H,10H2,(H,19,20,22). The molecule has 0 aliphatic heterocycles. The molecule has 0 atom stereocenters. The third-order valence-corrected chi connectivity index (χ3v) is 4.20. The Morgan fingerprint density at radius 2 is 2.08 bits per heavy atom. The Bertz CT molecular complexity index is 993. The zero-order valence-electron chi connectivity index (χ0n) is 13.4. The summed E-state index contributed by atoms with van der Waals surface area (Å²) in [5.41, 5.74) is 1.65. The Hall–Kier alpha value is -3.39. The first-order valence-corrected chi connectivity index (χ1v) is 8.60. The average Bonchev–Trinajstić information content (AvgIpc) is 3.41. The van der Waals surface area contributed by atoms with E-state index >= 15 is 0 Å². The minimum Gasteiger partial charge on any atom is -0.471 e. The van der Waals surface area contributed by atoms with Crippen LogP contribution in [0.1, 0.15) is 16.1 Å². The van der Waals surface area contributed by atoms with Crippen LogP contribution in [0.15, 0.2) is 69.1 Å². The molecule has 4 aromatic rings. The molecule has 7 nitrogen and oxygen atoms in total. The molecule has 0 spiro atoms. The van der Waals surface area contributed by atoms with Crippen molar-refractivity contribution in [3.63, 3.8) is 0 Å². The maximum atomic E-state index is 12.2. The monoisotopic (exact) mass is 367 g/mol. The van der Waals surface area contributed by atoms with E-state index in [1.165, 1.54) is 17.4 Å². The second kappa shape index (κ2) is 7.24. The summed E-state index contributed by atoms with van der Waals surface area (Å²) in [5.74, 6) is 0.475. The van der Waals surface area contributed by atoms with Gasteiger partial charge < -0.3 is 13.7 Å². The molecular weight excluding hydrogens is 354 g/mol. The number of nitrogens with one attached hydrogen (secondary N) is 1. The Balaban J connectivity index is 1.37. The number of hydrogen-bond donors (Lipinski definition) is 1. The lowest BCUT2D eigenvalue weighted by atomic mass is 10.2. The predicted molar refractivity (Wildman–Crippen MR) is 95.0 cm³/mol. The molecule has 0 unspecified atom stereocenters. The van der Waals surface area contributed by atoms with Crippen molar-refractivity contribution >= 4 is 22.4 Å². The number of carbonyl (C=O) groups excluding carboxylic acids is 1. The van der Waals surface area contributed by atoms with Crippen LogP contribution in [0.4, 0.5) is 5.13 Å². The number of rotatable bonds is 6. The molecule has 130 valence electrons. The van der Waals surface area contributed by atoms with Crippen molar-refractivity contribution in [2.45, 2.75) is 6.61 Å². The van der Waals surface area contributed by atoms with Crippen molar-refractivity contribution < 1.29 is 18.5 Å². The van der Waals surface area contributed by atoms with Gasteiger partial charge in [-0.05, 0) is 22.9 Å². The topological polar surface area (TPSA) is 90.4 Å². The van der Waals surface area contributed by atoms with E-state index in [4.69, 9.17) is 13.7 Å². The van der Waals surface area contributed by atoms with Crippen LogP contribution in [-0.4, -0.2) is 16.0 Å². The summed E-state index contributed by atoms with van der Waals surface area (Å²) in [6.07, 6.45) is 1.57. The zero-order chi connectivity index (χ0) is 17.8. The van der Waals surface area contributed by atoms with Crippen LogP contribution in [0.25, 0.3) is 11.5 Å². The van der Waals surface area contributed by atoms with E-state index < -0.39 is 5.91 Å². The molecular formula is C18H13N3O4S. The molecule has 1 amide bonds. The molecule has 0 radical (unpaired) electrons. The summed E-state index contributed by atoms with van der Waals surface area (Å²) in [6, 6.07) is 14.7. The van der Waals surface area contributed by atoms with E-state index in [0.717, 1.165) is 5.56 Å². The van der Waals surface area contributed by atoms with Crippen molar-refractivity contribution in [1.82, 2.24) is 10.1 Å².